The second kappa shape index (κ2) is 7.15. The number of hydrogen-bond donors (Lipinski definition) is 0. The molecule has 1 aliphatic rings. The molecule has 3 nitrogen and oxygen atoms in total. The van der Waals surface area contributed by atoms with E-state index in [1.54, 1.807) is 13.4 Å². The molecule has 130 valence electrons. The number of ether oxygens (including phenoxy) is 1. The van der Waals surface area contributed by atoms with Gasteiger partial charge < -0.3 is 13.6 Å². The van der Waals surface area contributed by atoms with Crippen LogP contribution in [0.15, 0.2) is 26.8 Å². The third-order valence-electron chi connectivity index (χ3n) is 5.07. The molecule has 0 fully saturated rings. The molecule has 0 spiro atoms. The molecule has 0 bridgehead atoms. The van der Waals surface area contributed by atoms with Crippen molar-refractivity contribution in [2.24, 2.45) is 0 Å². The van der Waals surface area contributed by atoms with Gasteiger partial charge in [0.05, 0.1) is 7.11 Å². The Bertz CT molecular complexity index is 569. The highest BCUT2D eigenvalue weighted by molar-refractivity contribution is 9.11. The first-order valence-corrected chi connectivity index (χ1v) is 12.0. The highest BCUT2D eigenvalue weighted by atomic mass is 79.9. The molecule has 1 aromatic heterocycles. The minimum Gasteiger partial charge on any atom is -0.493 e. The fraction of sp³-hybridized carbons (Fsp3) is 0.667. The lowest BCUT2D eigenvalue weighted by Crippen LogP contribution is -2.42. The fourth-order valence-electron chi connectivity index (χ4n) is 2.52. The van der Waals surface area contributed by atoms with E-state index in [4.69, 9.17) is 13.6 Å². The van der Waals surface area contributed by atoms with Gasteiger partial charge in [0.2, 0.25) is 0 Å². The van der Waals surface area contributed by atoms with Gasteiger partial charge in [-0.05, 0) is 53.9 Å². The second-order valence-electron chi connectivity index (χ2n) is 7.78. The highest BCUT2D eigenvalue weighted by Crippen LogP contribution is 2.45. The Balaban J connectivity index is 2.39. The Morgan fingerprint density at radius 1 is 1.22 bits per heavy atom. The van der Waals surface area contributed by atoms with Crippen LogP contribution in [0.5, 0.6) is 5.75 Å². The summed E-state index contributed by atoms with van der Waals surface area (Å²) in [7, 11) is -0.260. The number of methoxy groups -OCH3 is 1. The summed E-state index contributed by atoms with van der Waals surface area (Å²) in [5.41, 5.74) is 1.33. The third kappa shape index (κ3) is 4.31. The number of furan rings is 1. The molecule has 0 N–H and O–H groups in total. The highest BCUT2D eigenvalue weighted by Gasteiger charge is 2.41. The van der Waals surface area contributed by atoms with Crippen LogP contribution in [0.1, 0.15) is 58.3 Å². The molecule has 23 heavy (non-hydrogen) atoms. The monoisotopic (exact) mass is 400 g/mol. The Hall–Kier alpha value is -0.523. The van der Waals surface area contributed by atoms with Crippen molar-refractivity contribution >= 4 is 24.2 Å². The van der Waals surface area contributed by atoms with Crippen molar-refractivity contribution in [3.63, 3.8) is 0 Å². The fourth-order valence-corrected chi connectivity index (χ4v) is 4.40. The molecule has 1 aliphatic carbocycles. The topological polar surface area (TPSA) is 31.6 Å². The number of rotatable bonds is 5. The Morgan fingerprint density at radius 3 is 2.39 bits per heavy atom. The molecular formula is C18H29BrO3Si. The van der Waals surface area contributed by atoms with Crippen molar-refractivity contribution in [1.29, 1.82) is 0 Å². The Kier molecular flexibility index (Phi) is 5.85. The maximum Gasteiger partial charge on any atom is 0.193 e. The summed E-state index contributed by atoms with van der Waals surface area (Å²) in [5.74, 6) is 1.59. The number of hydrogen-bond acceptors (Lipinski definition) is 3. The number of allylic oxidation sites excluding steroid dienone is 1. The second-order valence-corrected chi connectivity index (χ2v) is 13.5. The van der Waals surface area contributed by atoms with E-state index in [9.17, 15) is 0 Å². The zero-order chi connectivity index (χ0) is 17.3. The summed E-state index contributed by atoms with van der Waals surface area (Å²) >= 11 is 3.78. The lowest BCUT2D eigenvalue weighted by atomic mass is 9.94. The van der Waals surface area contributed by atoms with Crippen molar-refractivity contribution in [3.8, 4) is 5.75 Å². The van der Waals surface area contributed by atoms with Crippen LogP contribution >= 0.6 is 15.9 Å². The molecule has 0 saturated carbocycles. The summed E-state index contributed by atoms with van der Waals surface area (Å²) in [6.07, 6.45) is 6.13. The van der Waals surface area contributed by atoms with Crippen LogP contribution in [0, 0.1) is 0 Å². The molecule has 1 atom stereocenters. The molecule has 2 rings (SSSR count). The van der Waals surface area contributed by atoms with Crippen LogP contribution in [-0.4, -0.2) is 15.4 Å². The molecule has 0 aromatic carbocycles. The van der Waals surface area contributed by atoms with Gasteiger partial charge in [0, 0.05) is 6.07 Å². The SMILES string of the molecule is COc1coc(C(O[Si](C)(C)C(C)(C)C)C2=C(Br)CCCC2)c1. The van der Waals surface area contributed by atoms with Gasteiger partial charge in [0.15, 0.2) is 14.1 Å². The molecule has 1 heterocycles. The van der Waals surface area contributed by atoms with E-state index in [1.807, 2.05) is 6.07 Å². The van der Waals surface area contributed by atoms with Crippen molar-refractivity contribution in [3.05, 3.63) is 28.1 Å². The first kappa shape index (κ1) is 18.8. The maximum absolute atomic E-state index is 6.76. The lowest BCUT2D eigenvalue weighted by Gasteiger charge is -2.40. The smallest absolute Gasteiger partial charge is 0.193 e. The molecule has 0 amide bonds. The van der Waals surface area contributed by atoms with Crippen LogP contribution in [0.2, 0.25) is 18.1 Å². The van der Waals surface area contributed by atoms with Crippen molar-refractivity contribution in [1.82, 2.24) is 0 Å². The summed E-state index contributed by atoms with van der Waals surface area (Å²) in [6.45, 7) is 11.4. The molecule has 0 radical (unpaired) electrons. The van der Waals surface area contributed by atoms with Crippen molar-refractivity contribution in [2.75, 3.05) is 7.11 Å². The van der Waals surface area contributed by atoms with Crippen molar-refractivity contribution < 1.29 is 13.6 Å². The van der Waals surface area contributed by atoms with Crippen LogP contribution in [-0.2, 0) is 4.43 Å². The summed E-state index contributed by atoms with van der Waals surface area (Å²) in [6, 6.07) is 1.96. The first-order chi connectivity index (χ1) is 10.7. The summed E-state index contributed by atoms with van der Waals surface area (Å²) in [5, 5.41) is 0.156. The molecule has 0 aliphatic heterocycles. The van der Waals surface area contributed by atoms with Gasteiger partial charge >= 0.3 is 0 Å². The summed E-state index contributed by atoms with van der Waals surface area (Å²) < 4.78 is 19.1. The predicted molar refractivity (Wildman–Crippen MR) is 101 cm³/mol. The van der Waals surface area contributed by atoms with E-state index in [-0.39, 0.29) is 11.1 Å². The van der Waals surface area contributed by atoms with Crippen LogP contribution in [0.25, 0.3) is 0 Å². The third-order valence-corrected chi connectivity index (χ3v) is 10.4. The molecule has 5 heteroatoms. The normalized spacial score (nSPS) is 18.2. The minimum absolute atomic E-state index is 0.116. The average molecular weight is 401 g/mol. The standard InChI is InChI=1S/C18H29BrO3Si/c1-18(2,3)23(5,6)22-17(14-9-7-8-10-15(14)19)16-11-13(20-4)12-21-16/h11-12,17H,7-10H2,1-6H3. The minimum atomic E-state index is -1.92. The number of halogens is 1. The molecule has 1 aromatic rings. The zero-order valence-corrected chi connectivity index (χ0v) is 17.7. The largest absolute Gasteiger partial charge is 0.493 e. The maximum atomic E-state index is 6.76. The van der Waals surface area contributed by atoms with E-state index in [1.165, 1.54) is 22.9 Å². The van der Waals surface area contributed by atoms with E-state index >= 15 is 0 Å². The summed E-state index contributed by atoms with van der Waals surface area (Å²) in [4.78, 5) is 0. The lowest BCUT2D eigenvalue weighted by molar-refractivity contribution is 0.183. The van der Waals surface area contributed by atoms with E-state index in [0.29, 0.717) is 0 Å². The van der Waals surface area contributed by atoms with Crippen molar-refractivity contribution in [2.45, 2.75) is 70.7 Å². The van der Waals surface area contributed by atoms with Crippen LogP contribution in [0.4, 0.5) is 0 Å². The van der Waals surface area contributed by atoms with Gasteiger partial charge in [-0.25, -0.2) is 0 Å². The van der Waals surface area contributed by atoms with Crippen LogP contribution in [0.3, 0.4) is 0 Å². The quantitative estimate of drug-likeness (QED) is 0.523. The molecule has 0 saturated heterocycles. The Labute approximate surface area is 149 Å². The van der Waals surface area contributed by atoms with E-state index in [0.717, 1.165) is 24.4 Å². The van der Waals surface area contributed by atoms with Gasteiger partial charge in [-0.3, -0.25) is 0 Å². The van der Waals surface area contributed by atoms with Gasteiger partial charge in [0.25, 0.3) is 0 Å². The van der Waals surface area contributed by atoms with E-state index < -0.39 is 8.32 Å². The van der Waals surface area contributed by atoms with Gasteiger partial charge in [-0.2, -0.15) is 0 Å². The average Bonchev–Trinajstić information content (AvgIpc) is 2.93. The van der Waals surface area contributed by atoms with Gasteiger partial charge in [-0.15, -0.1) is 0 Å². The van der Waals surface area contributed by atoms with Gasteiger partial charge in [-0.1, -0.05) is 36.7 Å². The van der Waals surface area contributed by atoms with E-state index in [2.05, 4.69) is 49.8 Å². The first-order valence-electron chi connectivity index (χ1n) is 8.33. The Morgan fingerprint density at radius 2 is 1.87 bits per heavy atom. The zero-order valence-electron chi connectivity index (χ0n) is 15.2. The predicted octanol–water partition coefficient (Wildman–Crippen LogP) is 6.57. The molecular weight excluding hydrogens is 372 g/mol. The van der Waals surface area contributed by atoms with Crippen LogP contribution < -0.4 is 4.74 Å². The van der Waals surface area contributed by atoms with Gasteiger partial charge in [0.1, 0.15) is 18.1 Å². The molecule has 1 unspecified atom stereocenters.